The van der Waals surface area contributed by atoms with Crippen molar-refractivity contribution in [2.24, 2.45) is 23.7 Å². The van der Waals surface area contributed by atoms with Gasteiger partial charge in [0.2, 0.25) is 0 Å². The number of rotatable bonds is 10. The van der Waals surface area contributed by atoms with Crippen molar-refractivity contribution in [3.63, 3.8) is 0 Å². The van der Waals surface area contributed by atoms with Crippen LogP contribution in [0.1, 0.15) is 56.2 Å². The minimum absolute atomic E-state index is 0.120. The van der Waals surface area contributed by atoms with Crippen LogP contribution in [-0.2, 0) is 14.9 Å². The Kier molecular flexibility index (Phi) is 8.78. The Hall–Kier alpha value is -3.02. The van der Waals surface area contributed by atoms with Crippen molar-refractivity contribution >= 4 is 11.7 Å². The average molecular weight is 574 g/mol. The third-order valence-electron chi connectivity index (χ3n) is 10.8. The van der Waals surface area contributed by atoms with Crippen LogP contribution in [0.4, 0.5) is 10.1 Å². The first-order valence-electron chi connectivity index (χ1n) is 15.9. The zero-order valence-electron chi connectivity index (χ0n) is 24.9. The summed E-state index contributed by atoms with van der Waals surface area (Å²) in [5, 5.41) is 9.02. The second kappa shape index (κ2) is 12.7. The van der Waals surface area contributed by atoms with Gasteiger partial charge in [-0.3, -0.25) is 4.79 Å². The molecule has 42 heavy (non-hydrogen) atoms. The maximum Gasteiger partial charge on any atom is 0.305 e. The van der Waals surface area contributed by atoms with Crippen LogP contribution in [-0.4, -0.2) is 80.2 Å². The highest BCUT2D eigenvalue weighted by molar-refractivity contribution is 5.69. The number of esters is 1. The van der Waals surface area contributed by atoms with E-state index >= 15 is 0 Å². The van der Waals surface area contributed by atoms with Gasteiger partial charge in [0.1, 0.15) is 17.6 Å². The Balaban J connectivity index is 1.17. The fraction of sp³-hybridized carbons (Fsp3) is 0.618. The minimum Gasteiger partial charge on any atom is -0.469 e. The predicted molar refractivity (Wildman–Crippen MR) is 160 cm³/mol. The summed E-state index contributed by atoms with van der Waals surface area (Å²) in [5.41, 5.74) is 2.52. The van der Waals surface area contributed by atoms with Gasteiger partial charge < -0.3 is 19.4 Å². The van der Waals surface area contributed by atoms with Crippen LogP contribution >= 0.6 is 0 Å². The van der Waals surface area contributed by atoms with Crippen molar-refractivity contribution in [3.8, 4) is 6.07 Å². The fourth-order valence-electron chi connectivity index (χ4n) is 8.57. The molecule has 4 fully saturated rings. The lowest BCUT2D eigenvalue weighted by molar-refractivity contribution is -0.142. The number of aromatic nitrogens is 1. The Bertz CT molecular complexity index is 1260. The van der Waals surface area contributed by atoms with Gasteiger partial charge in [0.15, 0.2) is 0 Å². The molecule has 4 heterocycles. The molecule has 0 amide bonds. The third kappa shape index (κ3) is 5.91. The molecule has 7 nitrogen and oxygen atoms in total. The standard InChI is InChI=1S/C34H44FN5O2/c1-42-33(41)17-26-5-2-8-32(26)34(24-39-13-4-14-39,28-6-3-7-29(35)18-28)27-11-15-38(16-12-27)21-25-22-40(23-25)31-10-9-30(19-36)37-20-31/h3,6-7,9-10,18,20,25-27,32H,2,4-5,8,11-17,21-24H2,1H3/t26-,32+,34+/m1/s1. The maximum absolute atomic E-state index is 14.9. The van der Waals surface area contributed by atoms with Crippen LogP contribution in [0.25, 0.3) is 0 Å². The Labute approximate surface area is 249 Å². The van der Waals surface area contributed by atoms with E-state index in [0.29, 0.717) is 29.9 Å². The van der Waals surface area contributed by atoms with Gasteiger partial charge in [0, 0.05) is 43.9 Å². The van der Waals surface area contributed by atoms with Gasteiger partial charge in [-0.15, -0.1) is 0 Å². The van der Waals surface area contributed by atoms with E-state index in [9.17, 15) is 9.18 Å². The van der Waals surface area contributed by atoms with Gasteiger partial charge in [-0.2, -0.15) is 5.26 Å². The van der Waals surface area contributed by atoms with Gasteiger partial charge in [0.25, 0.3) is 0 Å². The molecule has 4 aliphatic rings. The van der Waals surface area contributed by atoms with E-state index in [1.165, 1.54) is 13.5 Å². The molecule has 0 unspecified atom stereocenters. The summed E-state index contributed by atoms with van der Waals surface area (Å²) < 4.78 is 20.0. The fourth-order valence-corrected chi connectivity index (χ4v) is 8.57. The number of carbonyl (C=O) groups is 1. The molecule has 0 spiro atoms. The summed E-state index contributed by atoms with van der Waals surface area (Å²) in [6.07, 6.45) is 8.95. The summed E-state index contributed by atoms with van der Waals surface area (Å²) in [7, 11) is 1.49. The first kappa shape index (κ1) is 29.1. The Morgan fingerprint density at radius 1 is 1.07 bits per heavy atom. The van der Waals surface area contributed by atoms with E-state index in [-0.39, 0.29) is 23.1 Å². The number of nitriles is 1. The van der Waals surface area contributed by atoms with E-state index in [1.807, 2.05) is 12.1 Å². The summed E-state index contributed by atoms with van der Waals surface area (Å²) in [4.78, 5) is 24.3. The molecular formula is C34H44FN5O2. The Morgan fingerprint density at radius 3 is 2.52 bits per heavy atom. The number of hydrogen-bond acceptors (Lipinski definition) is 7. The van der Waals surface area contributed by atoms with Crippen molar-refractivity contribution in [1.29, 1.82) is 5.26 Å². The number of benzene rings is 1. The molecular weight excluding hydrogens is 529 g/mol. The van der Waals surface area contributed by atoms with E-state index in [2.05, 4.69) is 31.8 Å². The summed E-state index contributed by atoms with van der Waals surface area (Å²) in [5.74, 6) is 1.42. The number of piperidine rings is 1. The normalized spacial score (nSPS) is 25.3. The maximum atomic E-state index is 14.9. The number of ether oxygens (including phenoxy) is 1. The largest absolute Gasteiger partial charge is 0.469 e. The van der Waals surface area contributed by atoms with E-state index < -0.39 is 0 Å². The molecule has 0 bridgehead atoms. The lowest BCUT2D eigenvalue weighted by atomic mass is 9.56. The van der Waals surface area contributed by atoms with E-state index in [0.717, 1.165) is 95.7 Å². The van der Waals surface area contributed by atoms with Crippen LogP contribution < -0.4 is 4.90 Å². The first-order chi connectivity index (χ1) is 20.5. The predicted octanol–water partition coefficient (Wildman–Crippen LogP) is 4.86. The third-order valence-corrected chi connectivity index (χ3v) is 10.8. The molecule has 3 aliphatic heterocycles. The van der Waals surface area contributed by atoms with Gasteiger partial charge in [-0.25, -0.2) is 9.37 Å². The highest BCUT2D eigenvalue weighted by Crippen LogP contribution is 2.54. The summed E-state index contributed by atoms with van der Waals surface area (Å²) in [6, 6.07) is 13.3. The van der Waals surface area contributed by atoms with Crippen LogP contribution in [0, 0.1) is 40.8 Å². The van der Waals surface area contributed by atoms with Crippen molar-refractivity contribution in [2.75, 3.05) is 64.4 Å². The van der Waals surface area contributed by atoms with Crippen molar-refractivity contribution in [1.82, 2.24) is 14.8 Å². The molecule has 224 valence electrons. The zero-order valence-corrected chi connectivity index (χ0v) is 24.9. The SMILES string of the molecule is COC(=O)C[C@H]1CCC[C@@H]1[C@](CN1CCC1)(c1cccc(F)c1)C1CCN(CC2CN(c3ccc(C#N)nc3)C2)CC1. The van der Waals surface area contributed by atoms with Gasteiger partial charge in [0.05, 0.1) is 19.0 Å². The van der Waals surface area contributed by atoms with Gasteiger partial charge >= 0.3 is 5.97 Å². The number of likely N-dealkylation sites (tertiary alicyclic amines) is 2. The highest BCUT2D eigenvalue weighted by Gasteiger charge is 2.53. The number of hydrogen-bond donors (Lipinski definition) is 0. The zero-order chi connectivity index (χ0) is 29.1. The number of carbonyl (C=O) groups excluding carboxylic acids is 1. The second-order valence-electron chi connectivity index (χ2n) is 13.1. The molecule has 3 saturated heterocycles. The average Bonchev–Trinajstić information content (AvgIpc) is 3.43. The minimum atomic E-state index is -0.167. The van der Waals surface area contributed by atoms with E-state index in [4.69, 9.17) is 10.00 Å². The molecule has 0 N–H and O–H groups in total. The van der Waals surface area contributed by atoms with Crippen molar-refractivity contribution in [2.45, 2.75) is 50.4 Å². The number of anilines is 1. The number of methoxy groups -OCH3 is 1. The molecule has 2 aromatic rings. The Morgan fingerprint density at radius 2 is 1.88 bits per heavy atom. The molecule has 1 aliphatic carbocycles. The molecule has 1 saturated carbocycles. The quantitative estimate of drug-likeness (QED) is 0.376. The number of pyridine rings is 1. The second-order valence-corrected chi connectivity index (χ2v) is 13.1. The molecule has 1 aromatic carbocycles. The van der Waals surface area contributed by atoms with Gasteiger partial charge in [-0.1, -0.05) is 18.6 Å². The molecule has 6 rings (SSSR count). The number of nitrogens with zero attached hydrogens (tertiary/aromatic N) is 5. The lowest BCUT2D eigenvalue weighted by Crippen LogP contribution is -2.58. The van der Waals surface area contributed by atoms with E-state index in [1.54, 1.807) is 24.4 Å². The first-order valence-corrected chi connectivity index (χ1v) is 15.9. The molecule has 0 radical (unpaired) electrons. The van der Waals surface area contributed by atoms with Crippen molar-refractivity contribution < 1.29 is 13.9 Å². The molecule has 8 heteroatoms. The monoisotopic (exact) mass is 573 g/mol. The van der Waals surface area contributed by atoms with Crippen LogP contribution in [0.3, 0.4) is 0 Å². The smallest absolute Gasteiger partial charge is 0.305 e. The van der Waals surface area contributed by atoms with Crippen LogP contribution in [0.5, 0.6) is 0 Å². The van der Waals surface area contributed by atoms with Crippen LogP contribution in [0.2, 0.25) is 0 Å². The van der Waals surface area contributed by atoms with Crippen molar-refractivity contribution in [3.05, 3.63) is 59.7 Å². The molecule has 3 atom stereocenters. The lowest BCUT2D eigenvalue weighted by Gasteiger charge is -2.54. The molecule has 1 aromatic heterocycles. The topological polar surface area (TPSA) is 72.7 Å². The van der Waals surface area contributed by atoms with Crippen LogP contribution in [0.15, 0.2) is 42.6 Å². The van der Waals surface area contributed by atoms with Gasteiger partial charge in [-0.05, 0) is 106 Å². The summed E-state index contributed by atoms with van der Waals surface area (Å²) in [6.45, 7) is 8.44. The highest BCUT2D eigenvalue weighted by atomic mass is 19.1. The summed E-state index contributed by atoms with van der Waals surface area (Å²) >= 11 is 0. The number of halogens is 1.